The van der Waals surface area contributed by atoms with Crippen LogP contribution in [0.15, 0.2) is 18.2 Å². The molecule has 116 valence electrons. The zero-order valence-corrected chi connectivity index (χ0v) is 12.5. The van der Waals surface area contributed by atoms with Crippen molar-refractivity contribution < 1.29 is 19.5 Å². The highest BCUT2D eigenvalue weighted by Gasteiger charge is 2.49. The van der Waals surface area contributed by atoms with Gasteiger partial charge in [-0.2, -0.15) is 5.01 Å². The number of hydrogen-bond donors (Lipinski definition) is 2. The zero-order chi connectivity index (χ0) is 15.9. The number of amides is 3. The first-order valence-corrected chi connectivity index (χ1v) is 7.54. The van der Waals surface area contributed by atoms with E-state index in [1.54, 1.807) is 0 Å². The second kappa shape index (κ2) is 5.61. The van der Waals surface area contributed by atoms with Gasteiger partial charge in [-0.3, -0.25) is 19.8 Å². The van der Waals surface area contributed by atoms with Crippen LogP contribution < -0.4 is 5.43 Å². The third kappa shape index (κ3) is 2.43. The Balaban J connectivity index is 1.80. The minimum Gasteiger partial charge on any atom is -0.507 e. The van der Waals surface area contributed by atoms with E-state index in [1.165, 1.54) is 18.2 Å². The first-order valence-electron chi connectivity index (χ1n) is 7.16. The first-order chi connectivity index (χ1) is 10.5. The van der Waals surface area contributed by atoms with Crippen molar-refractivity contribution in [1.82, 2.24) is 10.4 Å². The summed E-state index contributed by atoms with van der Waals surface area (Å²) in [5.74, 6) is -2.42. The van der Waals surface area contributed by atoms with Gasteiger partial charge in [0, 0.05) is 5.02 Å². The average molecular weight is 323 g/mol. The number of carbonyl (C=O) groups is 3. The van der Waals surface area contributed by atoms with Crippen molar-refractivity contribution in [2.75, 3.05) is 0 Å². The van der Waals surface area contributed by atoms with Crippen molar-refractivity contribution in [3.63, 3.8) is 0 Å². The van der Waals surface area contributed by atoms with Crippen molar-refractivity contribution >= 4 is 29.3 Å². The van der Waals surface area contributed by atoms with E-state index in [0.29, 0.717) is 12.8 Å². The molecule has 0 spiro atoms. The fourth-order valence-electron chi connectivity index (χ4n) is 3.12. The maximum Gasteiger partial charge on any atom is 0.274 e. The van der Waals surface area contributed by atoms with Crippen molar-refractivity contribution in [3.8, 4) is 5.75 Å². The Hall–Kier alpha value is -2.08. The quantitative estimate of drug-likeness (QED) is 0.814. The van der Waals surface area contributed by atoms with Crippen molar-refractivity contribution in [1.29, 1.82) is 0 Å². The van der Waals surface area contributed by atoms with E-state index in [4.69, 9.17) is 11.6 Å². The van der Waals surface area contributed by atoms with Crippen molar-refractivity contribution in [3.05, 3.63) is 28.8 Å². The number of fused-ring (bicyclic) bond motifs is 1. The molecule has 7 heteroatoms. The predicted octanol–water partition coefficient (Wildman–Crippen LogP) is 1.87. The van der Waals surface area contributed by atoms with E-state index < -0.39 is 5.91 Å². The normalized spacial score (nSPS) is 24.3. The molecule has 0 aromatic heterocycles. The molecule has 1 aliphatic heterocycles. The van der Waals surface area contributed by atoms with Gasteiger partial charge in [0.1, 0.15) is 5.75 Å². The largest absolute Gasteiger partial charge is 0.507 e. The summed E-state index contributed by atoms with van der Waals surface area (Å²) in [5, 5.41) is 10.8. The maximum absolute atomic E-state index is 12.3. The van der Waals surface area contributed by atoms with Crippen LogP contribution in [0.3, 0.4) is 0 Å². The number of imide groups is 1. The minimum absolute atomic E-state index is 0.0806. The Bertz CT molecular complexity index is 637. The van der Waals surface area contributed by atoms with Crippen LogP contribution in [-0.4, -0.2) is 27.8 Å². The Labute approximate surface area is 132 Å². The van der Waals surface area contributed by atoms with Gasteiger partial charge in [0.05, 0.1) is 17.4 Å². The van der Waals surface area contributed by atoms with Gasteiger partial charge in [-0.1, -0.05) is 24.4 Å². The lowest BCUT2D eigenvalue weighted by molar-refractivity contribution is -0.142. The molecule has 1 heterocycles. The van der Waals surface area contributed by atoms with Crippen LogP contribution >= 0.6 is 11.6 Å². The smallest absolute Gasteiger partial charge is 0.274 e. The van der Waals surface area contributed by atoms with Crippen LogP contribution in [0.4, 0.5) is 0 Å². The second-order valence-corrected chi connectivity index (χ2v) is 6.05. The molecule has 3 rings (SSSR count). The average Bonchev–Trinajstić information content (AvgIpc) is 2.75. The summed E-state index contributed by atoms with van der Waals surface area (Å²) in [4.78, 5) is 36.7. The molecule has 1 saturated heterocycles. The fraction of sp³-hybridized carbons (Fsp3) is 0.400. The monoisotopic (exact) mass is 322 g/mol. The van der Waals surface area contributed by atoms with Gasteiger partial charge in [0.15, 0.2) is 0 Å². The van der Waals surface area contributed by atoms with Gasteiger partial charge >= 0.3 is 0 Å². The molecule has 0 bridgehead atoms. The number of halogens is 1. The maximum atomic E-state index is 12.3. The topological polar surface area (TPSA) is 86.7 Å². The number of phenols is 1. The fourth-order valence-corrected chi connectivity index (χ4v) is 3.30. The number of rotatable bonds is 2. The lowest BCUT2D eigenvalue weighted by Gasteiger charge is -2.19. The molecule has 2 N–H and O–H groups in total. The van der Waals surface area contributed by atoms with Crippen LogP contribution in [0.5, 0.6) is 5.75 Å². The lowest BCUT2D eigenvalue weighted by atomic mass is 9.81. The lowest BCUT2D eigenvalue weighted by Crippen LogP contribution is -2.46. The van der Waals surface area contributed by atoms with Gasteiger partial charge in [-0.05, 0) is 31.0 Å². The number of nitrogens with one attached hydrogen (secondary N) is 1. The highest BCUT2D eigenvalue weighted by molar-refractivity contribution is 6.31. The molecule has 2 fully saturated rings. The van der Waals surface area contributed by atoms with Gasteiger partial charge < -0.3 is 5.11 Å². The summed E-state index contributed by atoms with van der Waals surface area (Å²) >= 11 is 5.80. The van der Waals surface area contributed by atoms with E-state index >= 15 is 0 Å². The molecule has 6 nitrogen and oxygen atoms in total. The summed E-state index contributed by atoms with van der Waals surface area (Å²) in [5.41, 5.74) is 2.22. The highest BCUT2D eigenvalue weighted by atomic mass is 35.5. The number of hydrazine groups is 1. The van der Waals surface area contributed by atoms with Crippen LogP contribution in [-0.2, 0) is 9.59 Å². The molecule has 1 aromatic rings. The van der Waals surface area contributed by atoms with Gasteiger partial charge in [0.2, 0.25) is 0 Å². The summed E-state index contributed by atoms with van der Waals surface area (Å²) < 4.78 is 0. The molecule has 2 unspecified atom stereocenters. The second-order valence-electron chi connectivity index (χ2n) is 5.61. The van der Waals surface area contributed by atoms with Crippen LogP contribution in [0.2, 0.25) is 5.02 Å². The molecule has 3 amide bonds. The molecule has 1 saturated carbocycles. The Morgan fingerprint density at radius 1 is 1.18 bits per heavy atom. The Kier molecular flexibility index (Phi) is 3.78. The highest BCUT2D eigenvalue weighted by Crippen LogP contribution is 2.37. The number of carbonyl (C=O) groups excluding carboxylic acids is 3. The van der Waals surface area contributed by atoms with Crippen molar-refractivity contribution in [2.24, 2.45) is 11.8 Å². The predicted molar refractivity (Wildman–Crippen MR) is 77.9 cm³/mol. The number of aromatic hydroxyl groups is 1. The zero-order valence-electron chi connectivity index (χ0n) is 11.7. The minimum atomic E-state index is -0.736. The molecule has 22 heavy (non-hydrogen) atoms. The van der Waals surface area contributed by atoms with Gasteiger partial charge in [0.25, 0.3) is 17.7 Å². The Morgan fingerprint density at radius 3 is 2.36 bits per heavy atom. The standard InChI is InChI=1S/C15H15ClN2O4/c16-8-5-6-12(19)11(7-8)13(20)17-18-14(21)9-3-1-2-4-10(9)15(18)22/h5-7,9-10,19H,1-4H2,(H,17,20). The van der Waals surface area contributed by atoms with E-state index in [2.05, 4.69) is 5.43 Å². The summed E-state index contributed by atoms with van der Waals surface area (Å²) in [6.07, 6.45) is 3.17. The van der Waals surface area contributed by atoms with E-state index in [-0.39, 0.29) is 40.0 Å². The summed E-state index contributed by atoms with van der Waals surface area (Å²) in [6.45, 7) is 0. The van der Waals surface area contributed by atoms with Gasteiger partial charge in [-0.15, -0.1) is 0 Å². The summed E-state index contributed by atoms with van der Waals surface area (Å²) in [7, 11) is 0. The number of benzene rings is 1. The third-order valence-electron chi connectivity index (χ3n) is 4.26. The number of nitrogens with zero attached hydrogens (tertiary/aromatic N) is 1. The van der Waals surface area contributed by atoms with Crippen LogP contribution in [0, 0.1) is 11.8 Å². The molecular formula is C15H15ClN2O4. The number of hydrogen-bond acceptors (Lipinski definition) is 4. The van der Waals surface area contributed by atoms with E-state index in [0.717, 1.165) is 17.9 Å². The molecule has 2 atom stereocenters. The molecule has 1 aliphatic carbocycles. The van der Waals surface area contributed by atoms with E-state index in [1.807, 2.05) is 0 Å². The van der Waals surface area contributed by atoms with Crippen LogP contribution in [0.25, 0.3) is 0 Å². The molecule has 1 aromatic carbocycles. The van der Waals surface area contributed by atoms with Gasteiger partial charge in [-0.25, -0.2) is 0 Å². The SMILES string of the molecule is O=C(NN1C(=O)C2CCCCC2C1=O)c1cc(Cl)ccc1O. The summed E-state index contributed by atoms with van der Waals surface area (Å²) in [6, 6.07) is 4.00. The van der Waals surface area contributed by atoms with E-state index in [9.17, 15) is 19.5 Å². The third-order valence-corrected chi connectivity index (χ3v) is 4.49. The van der Waals surface area contributed by atoms with Crippen LogP contribution in [0.1, 0.15) is 36.0 Å². The molecule has 0 radical (unpaired) electrons. The molecular weight excluding hydrogens is 308 g/mol. The molecule has 2 aliphatic rings. The number of phenolic OH excluding ortho intramolecular Hbond substituents is 1. The Morgan fingerprint density at radius 2 is 1.77 bits per heavy atom. The first kappa shape index (κ1) is 14.8. The van der Waals surface area contributed by atoms with Crippen molar-refractivity contribution in [2.45, 2.75) is 25.7 Å².